The summed E-state index contributed by atoms with van der Waals surface area (Å²) in [6.07, 6.45) is 0. The number of primary sulfonamides is 1. The molecule has 7 nitrogen and oxygen atoms in total. The van der Waals surface area contributed by atoms with Gasteiger partial charge in [0.1, 0.15) is 5.58 Å². The minimum Gasteiger partial charge on any atom is -0.450 e. The second-order valence-corrected chi connectivity index (χ2v) is 7.52. The van der Waals surface area contributed by atoms with Crippen LogP contribution in [0, 0.1) is 13.8 Å². The molecule has 0 saturated heterocycles. The highest BCUT2D eigenvalue weighted by Gasteiger charge is 2.15. The average Bonchev–Trinajstić information content (AvgIpc) is 2.55. The van der Waals surface area contributed by atoms with Crippen molar-refractivity contribution in [2.45, 2.75) is 18.7 Å². The second-order valence-electron chi connectivity index (χ2n) is 5.96. The van der Waals surface area contributed by atoms with Gasteiger partial charge in [0, 0.05) is 11.8 Å². The van der Waals surface area contributed by atoms with Crippen LogP contribution in [0.25, 0.3) is 11.0 Å². The summed E-state index contributed by atoms with van der Waals surface area (Å²) in [5.41, 5.74) is 2.06. The highest BCUT2D eigenvalue weighted by atomic mass is 32.2. The van der Waals surface area contributed by atoms with Crippen LogP contribution in [-0.4, -0.2) is 14.3 Å². The predicted octanol–water partition coefficient (Wildman–Crippen LogP) is 2.31. The van der Waals surface area contributed by atoms with Gasteiger partial charge in [0.05, 0.1) is 10.3 Å². The standard InChI is InChI=1S/C18H16N2O5S/c1-10-7-11(2)17-14(8-10)15(21)9-16(25-17)18(22)20-12-3-5-13(6-4-12)26(19,23)24/h3-9H,1-2H3,(H,20,22)(H2,19,23,24). The van der Waals surface area contributed by atoms with E-state index in [4.69, 9.17) is 9.56 Å². The number of aryl methyl sites for hydroxylation is 2. The Kier molecular flexibility index (Phi) is 4.39. The summed E-state index contributed by atoms with van der Waals surface area (Å²) in [5, 5.41) is 7.99. The molecule has 0 atom stereocenters. The van der Waals surface area contributed by atoms with Gasteiger partial charge in [-0.1, -0.05) is 6.07 Å². The Morgan fingerprint density at radius 1 is 1.08 bits per heavy atom. The van der Waals surface area contributed by atoms with Gasteiger partial charge in [-0.15, -0.1) is 0 Å². The number of rotatable bonds is 3. The van der Waals surface area contributed by atoms with Gasteiger partial charge in [-0.2, -0.15) is 0 Å². The molecule has 3 aromatic rings. The fourth-order valence-electron chi connectivity index (χ4n) is 2.64. The minimum absolute atomic E-state index is 0.0706. The molecule has 0 fully saturated rings. The van der Waals surface area contributed by atoms with E-state index in [2.05, 4.69) is 5.32 Å². The zero-order chi connectivity index (χ0) is 19.1. The second kappa shape index (κ2) is 6.40. The first-order chi connectivity index (χ1) is 12.1. The molecule has 8 heteroatoms. The lowest BCUT2D eigenvalue weighted by Gasteiger charge is -2.08. The molecule has 1 heterocycles. The Morgan fingerprint density at radius 3 is 2.35 bits per heavy atom. The van der Waals surface area contributed by atoms with E-state index in [1.165, 1.54) is 24.3 Å². The molecule has 3 N–H and O–H groups in total. The molecule has 1 amide bonds. The Hall–Kier alpha value is -2.97. The van der Waals surface area contributed by atoms with Crippen molar-refractivity contribution in [1.82, 2.24) is 0 Å². The van der Waals surface area contributed by atoms with Gasteiger partial charge in [-0.3, -0.25) is 9.59 Å². The first-order valence-electron chi connectivity index (χ1n) is 7.64. The van der Waals surface area contributed by atoms with Gasteiger partial charge in [0.15, 0.2) is 11.2 Å². The SMILES string of the molecule is Cc1cc(C)c2oc(C(=O)Nc3ccc(S(N)(=O)=O)cc3)cc(=O)c2c1. The van der Waals surface area contributed by atoms with E-state index >= 15 is 0 Å². The molecule has 0 aliphatic heterocycles. The topological polar surface area (TPSA) is 119 Å². The van der Waals surface area contributed by atoms with Crippen molar-refractivity contribution in [2.75, 3.05) is 5.32 Å². The van der Waals surface area contributed by atoms with Crippen LogP contribution in [0.5, 0.6) is 0 Å². The number of hydrogen-bond donors (Lipinski definition) is 2. The summed E-state index contributed by atoms with van der Waals surface area (Å²) in [5.74, 6) is -0.752. The van der Waals surface area contributed by atoms with Gasteiger partial charge in [0.25, 0.3) is 5.91 Å². The molecule has 0 radical (unpaired) electrons. The zero-order valence-corrected chi connectivity index (χ0v) is 14.9. The van der Waals surface area contributed by atoms with Crippen molar-refractivity contribution in [3.63, 3.8) is 0 Å². The quantitative estimate of drug-likeness (QED) is 0.731. The lowest BCUT2D eigenvalue weighted by Crippen LogP contribution is -2.16. The highest BCUT2D eigenvalue weighted by molar-refractivity contribution is 7.89. The Balaban J connectivity index is 1.94. The summed E-state index contributed by atoms with van der Waals surface area (Å²) in [7, 11) is -3.81. The number of sulfonamides is 1. The van der Waals surface area contributed by atoms with Crippen LogP contribution in [-0.2, 0) is 10.0 Å². The van der Waals surface area contributed by atoms with E-state index in [1.807, 2.05) is 13.0 Å². The molecule has 0 unspecified atom stereocenters. The molecule has 0 aliphatic rings. The normalized spacial score (nSPS) is 11.5. The number of amides is 1. The predicted molar refractivity (Wildman–Crippen MR) is 97.7 cm³/mol. The molecule has 3 rings (SSSR count). The van der Waals surface area contributed by atoms with Crippen LogP contribution < -0.4 is 15.9 Å². The summed E-state index contributed by atoms with van der Waals surface area (Å²) in [6.45, 7) is 3.67. The monoisotopic (exact) mass is 372 g/mol. The molecular weight excluding hydrogens is 356 g/mol. The van der Waals surface area contributed by atoms with Crippen molar-refractivity contribution < 1.29 is 17.6 Å². The highest BCUT2D eigenvalue weighted by Crippen LogP contribution is 2.20. The molecular formula is C18H16N2O5S. The van der Waals surface area contributed by atoms with Crippen molar-refractivity contribution in [3.8, 4) is 0 Å². The molecule has 0 aliphatic carbocycles. The van der Waals surface area contributed by atoms with Crippen molar-refractivity contribution in [2.24, 2.45) is 5.14 Å². The van der Waals surface area contributed by atoms with Crippen LogP contribution in [0.1, 0.15) is 21.7 Å². The maximum absolute atomic E-state index is 12.4. The van der Waals surface area contributed by atoms with Crippen LogP contribution in [0.3, 0.4) is 0 Å². The maximum atomic E-state index is 12.4. The lowest BCUT2D eigenvalue weighted by atomic mass is 10.1. The number of nitrogens with two attached hydrogens (primary N) is 1. The van der Waals surface area contributed by atoms with E-state index in [1.54, 1.807) is 13.0 Å². The van der Waals surface area contributed by atoms with E-state index in [0.717, 1.165) is 17.2 Å². The number of nitrogens with one attached hydrogen (secondary N) is 1. The van der Waals surface area contributed by atoms with Crippen molar-refractivity contribution in [1.29, 1.82) is 0 Å². The summed E-state index contributed by atoms with van der Waals surface area (Å²) in [4.78, 5) is 24.6. The molecule has 0 spiro atoms. The number of carbonyl (C=O) groups excluding carboxylic acids is 1. The van der Waals surface area contributed by atoms with E-state index < -0.39 is 15.9 Å². The molecule has 0 bridgehead atoms. The van der Waals surface area contributed by atoms with Gasteiger partial charge in [0.2, 0.25) is 10.0 Å². The maximum Gasteiger partial charge on any atom is 0.291 e. The van der Waals surface area contributed by atoms with Gasteiger partial charge in [-0.05, 0) is 55.3 Å². The third kappa shape index (κ3) is 3.51. The first-order valence-corrected chi connectivity index (χ1v) is 9.19. The Labute approximate surface area is 149 Å². The van der Waals surface area contributed by atoms with E-state index in [-0.39, 0.29) is 16.1 Å². The van der Waals surface area contributed by atoms with E-state index in [9.17, 15) is 18.0 Å². The third-order valence-electron chi connectivity index (χ3n) is 3.82. The van der Waals surface area contributed by atoms with Crippen molar-refractivity contribution >= 4 is 32.6 Å². The number of benzene rings is 2. The molecule has 26 heavy (non-hydrogen) atoms. The molecule has 134 valence electrons. The Morgan fingerprint density at radius 2 is 1.73 bits per heavy atom. The summed E-state index contributed by atoms with van der Waals surface area (Å²) < 4.78 is 28.1. The lowest BCUT2D eigenvalue weighted by molar-refractivity contribution is 0.0997. The number of carbonyl (C=O) groups is 1. The largest absolute Gasteiger partial charge is 0.450 e. The first kappa shape index (κ1) is 17.8. The number of hydrogen-bond acceptors (Lipinski definition) is 5. The van der Waals surface area contributed by atoms with Crippen LogP contribution in [0.15, 0.2) is 56.6 Å². The third-order valence-corrected chi connectivity index (χ3v) is 4.75. The molecule has 1 aromatic heterocycles. The summed E-state index contributed by atoms with van der Waals surface area (Å²) in [6, 6.07) is 10.0. The molecule has 2 aromatic carbocycles. The van der Waals surface area contributed by atoms with Crippen LogP contribution >= 0.6 is 0 Å². The number of fused-ring (bicyclic) bond motifs is 1. The summed E-state index contributed by atoms with van der Waals surface area (Å²) >= 11 is 0. The molecule has 0 saturated carbocycles. The zero-order valence-electron chi connectivity index (χ0n) is 14.1. The minimum atomic E-state index is -3.81. The van der Waals surface area contributed by atoms with E-state index in [0.29, 0.717) is 16.7 Å². The van der Waals surface area contributed by atoms with Gasteiger partial charge in [-0.25, -0.2) is 13.6 Å². The Bertz CT molecular complexity index is 1180. The van der Waals surface area contributed by atoms with Crippen molar-refractivity contribution in [3.05, 3.63) is 69.6 Å². The average molecular weight is 372 g/mol. The fourth-order valence-corrected chi connectivity index (χ4v) is 3.16. The number of anilines is 1. The van der Waals surface area contributed by atoms with Crippen LogP contribution in [0.4, 0.5) is 5.69 Å². The fraction of sp³-hybridized carbons (Fsp3) is 0.111. The van der Waals surface area contributed by atoms with Crippen LogP contribution in [0.2, 0.25) is 0 Å². The van der Waals surface area contributed by atoms with Gasteiger partial charge < -0.3 is 9.73 Å². The van der Waals surface area contributed by atoms with Gasteiger partial charge >= 0.3 is 0 Å². The smallest absolute Gasteiger partial charge is 0.291 e.